The second-order valence-electron chi connectivity index (χ2n) is 6.75. The van der Waals surface area contributed by atoms with Crippen LogP contribution in [0.5, 0.6) is 0 Å². The van der Waals surface area contributed by atoms with Crippen molar-refractivity contribution in [1.29, 1.82) is 0 Å². The van der Waals surface area contributed by atoms with Crippen LogP contribution in [0.1, 0.15) is 5.56 Å². The van der Waals surface area contributed by atoms with E-state index in [0.29, 0.717) is 49.2 Å². The zero-order chi connectivity index (χ0) is 20.1. The van der Waals surface area contributed by atoms with E-state index in [4.69, 9.17) is 11.6 Å². The molecular formula is C20H22ClF3N2OS. The number of halogens is 4. The van der Waals surface area contributed by atoms with Crippen LogP contribution in [0.2, 0.25) is 5.02 Å². The second kappa shape index (κ2) is 9.39. The fraction of sp³-hybridized carbons (Fsp3) is 0.400. The van der Waals surface area contributed by atoms with Crippen LogP contribution in [0.4, 0.5) is 18.9 Å². The largest absolute Gasteiger partial charge is 0.416 e. The number of benzene rings is 2. The van der Waals surface area contributed by atoms with Gasteiger partial charge >= 0.3 is 6.18 Å². The van der Waals surface area contributed by atoms with Crippen molar-refractivity contribution in [2.75, 3.05) is 43.4 Å². The molecule has 1 heterocycles. The van der Waals surface area contributed by atoms with Crippen molar-refractivity contribution in [2.45, 2.75) is 17.2 Å². The molecule has 0 bridgehead atoms. The summed E-state index contributed by atoms with van der Waals surface area (Å²) in [6.45, 7) is 3.24. The highest BCUT2D eigenvalue weighted by atomic mass is 35.5. The van der Waals surface area contributed by atoms with Gasteiger partial charge in [0.1, 0.15) is 0 Å². The first-order valence-corrected chi connectivity index (χ1v) is 10.4. The molecule has 0 radical (unpaired) electrons. The van der Waals surface area contributed by atoms with Gasteiger partial charge in [-0.25, -0.2) is 0 Å². The molecule has 152 valence electrons. The Balaban J connectivity index is 1.45. The fourth-order valence-electron chi connectivity index (χ4n) is 3.14. The molecule has 0 aromatic heterocycles. The van der Waals surface area contributed by atoms with Crippen LogP contribution in [0.25, 0.3) is 0 Å². The van der Waals surface area contributed by atoms with Crippen LogP contribution in [0, 0.1) is 0 Å². The van der Waals surface area contributed by atoms with Gasteiger partial charge in [-0.2, -0.15) is 13.2 Å². The zero-order valence-electron chi connectivity index (χ0n) is 15.2. The summed E-state index contributed by atoms with van der Waals surface area (Å²) in [4.78, 5) is 5.16. The lowest BCUT2D eigenvalue weighted by Crippen LogP contribution is -2.49. The number of rotatable bonds is 6. The molecule has 0 saturated carbocycles. The third-order valence-corrected chi connectivity index (χ3v) is 6.04. The maximum absolute atomic E-state index is 12.9. The van der Waals surface area contributed by atoms with Gasteiger partial charge in [0.05, 0.1) is 11.7 Å². The minimum atomic E-state index is -4.33. The molecule has 0 unspecified atom stereocenters. The summed E-state index contributed by atoms with van der Waals surface area (Å²) in [5.41, 5.74) is -0.0320. The molecule has 0 amide bonds. The predicted octanol–water partition coefficient (Wildman–Crippen LogP) is 4.63. The van der Waals surface area contributed by atoms with E-state index in [9.17, 15) is 18.3 Å². The number of aliphatic hydroxyl groups excluding tert-OH is 1. The Morgan fingerprint density at radius 2 is 1.71 bits per heavy atom. The number of hydrogen-bond acceptors (Lipinski definition) is 4. The van der Waals surface area contributed by atoms with Gasteiger partial charge in [-0.15, -0.1) is 11.8 Å². The summed E-state index contributed by atoms with van der Waals surface area (Å²) in [6.07, 6.45) is -4.80. The van der Waals surface area contributed by atoms with Crippen LogP contribution in [-0.4, -0.2) is 54.6 Å². The van der Waals surface area contributed by atoms with E-state index in [1.165, 1.54) is 12.1 Å². The third kappa shape index (κ3) is 6.04. The number of hydrogen-bond donors (Lipinski definition) is 1. The highest BCUT2D eigenvalue weighted by molar-refractivity contribution is 7.99. The molecule has 28 heavy (non-hydrogen) atoms. The van der Waals surface area contributed by atoms with Crippen molar-refractivity contribution in [3.05, 3.63) is 59.1 Å². The van der Waals surface area contributed by atoms with Gasteiger partial charge in [-0.3, -0.25) is 4.90 Å². The number of nitrogens with zero attached hydrogens (tertiary/aromatic N) is 2. The molecule has 3 rings (SSSR count). The molecule has 1 saturated heterocycles. The van der Waals surface area contributed by atoms with E-state index < -0.39 is 17.8 Å². The molecule has 2 aromatic rings. The Kier molecular flexibility index (Phi) is 7.15. The minimum absolute atomic E-state index is 0.471. The maximum atomic E-state index is 12.9. The van der Waals surface area contributed by atoms with E-state index in [1.54, 1.807) is 17.8 Å². The number of piperazine rings is 1. The Morgan fingerprint density at radius 1 is 1.04 bits per heavy atom. The quantitative estimate of drug-likeness (QED) is 0.676. The normalized spacial score (nSPS) is 17.0. The lowest BCUT2D eigenvalue weighted by Gasteiger charge is -2.37. The SMILES string of the molecule is O[C@@H](CSc1ccc(Cl)cc1)CN1CCN(c2cccc(C(F)(F)F)c2)CC1. The fourth-order valence-corrected chi connectivity index (χ4v) is 4.09. The van der Waals surface area contributed by atoms with Crippen molar-refractivity contribution < 1.29 is 18.3 Å². The predicted molar refractivity (Wildman–Crippen MR) is 108 cm³/mol. The van der Waals surface area contributed by atoms with E-state index in [-0.39, 0.29) is 0 Å². The van der Waals surface area contributed by atoms with Gasteiger partial charge in [0.2, 0.25) is 0 Å². The van der Waals surface area contributed by atoms with E-state index in [2.05, 4.69) is 4.90 Å². The molecule has 8 heteroatoms. The highest BCUT2D eigenvalue weighted by Crippen LogP contribution is 2.32. The Labute approximate surface area is 172 Å². The van der Waals surface area contributed by atoms with Crippen LogP contribution in [0.3, 0.4) is 0 Å². The molecule has 1 aliphatic rings. The average molecular weight is 431 g/mol. The molecular weight excluding hydrogens is 409 g/mol. The molecule has 0 aliphatic carbocycles. The van der Waals surface area contributed by atoms with Crippen molar-refractivity contribution in [3.8, 4) is 0 Å². The number of alkyl halides is 3. The lowest BCUT2D eigenvalue weighted by molar-refractivity contribution is -0.137. The summed E-state index contributed by atoms with van der Waals surface area (Å²) in [7, 11) is 0. The summed E-state index contributed by atoms with van der Waals surface area (Å²) in [5, 5.41) is 11.0. The van der Waals surface area contributed by atoms with Crippen molar-refractivity contribution in [3.63, 3.8) is 0 Å². The Bertz CT molecular complexity index is 765. The summed E-state index contributed by atoms with van der Waals surface area (Å²) >= 11 is 7.44. The molecule has 1 atom stereocenters. The van der Waals surface area contributed by atoms with Gasteiger partial charge < -0.3 is 10.0 Å². The smallest absolute Gasteiger partial charge is 0.391 e. The van der Waals surface area contributed by atoms with Crippen molar-refractivity contribution >= 4 is 29.1 Å². The molecule has 1 aliphatic heterocycles. The lowest BCUT2D eigenvalue weighted by atomic mass is 10.1. The molecule has 2 aromatic carbocycles. The minimum Gasteiger partial charge on any atom is -0.391 e. The first-order valence-electron chi connectivity index (χ1n) is 9.02. The Hall–Kier alpha value is -1.41. The van der Waals surface area contributed by atoms with Gasteiger partial charge in [-0.1, -0.05) is 17.7 Å². The van der Waals surface area contributed by atoms with E-state index >= 15 is 0 Å². The zero-order valence-corrected chi connectivity index (χ0v) is 16.8. The van der Waals surface area contributed by atoms with Gasteiger partial charge in [0.15, 0.2) is 0 Å². The second-order valence-corrected chi connectivity index (χ2v) is 8.28. The highest BCUT2D eigenvalue weighted by Gasteiger charge is 2.31. The summed E-state index contributed by atoms with van der Waals surface area (Å²) in [5.74, 6) is 0.579. The number of anilines is 1. The maximum Gasteiger partial charge on any atom is 0.416 e. The first kappa shape index (κ1) is 21.3. The summed E-state index contributed by atoms with van der Waals surface area (Å²) in [6, 6.07) is 12.9. The van der Waals surface area contributed by atoms with E-state index in [0.717, 1.165) is 11.0 Å². The van der Waals surface area contributed by atoms with Crippen molar-refractivity contribution in [1.82, 2.24) is 4.90 Å². The molecule has 1 fully saturated rings. The van der Waals surface area contributed by atoms with Crippen LogP contribution in [0.15, 0.2) is 53.4 Å². The van der Waals surface area contributed by atoms with Crippen LogP contribution >= 0.6 is 23.4 Å². The Morgan fingerprint density at radius 3 is 2.36 bits per heavy atom. The van der Waals surface area contributed by atoms with Gasteiger partial charge in [-0.05, 0) is 42.5 Å². The van der Waals surface area contributed by atoms with Gasteiger partial charge in [0.25, 0.3) is 0 Å². The monoisotopic (exact) mass is 430 g/mol. The number of thioether (sulfide) groups is 1. The van der Waals surface area contributed by atoms with Crippen LogP contribution < -0.4 is 4.90 Å². The van der Waals surface area contributed by atoms with Crippen LogP contribution in [-0.2, 0) is 6.18 Å². The molecule has 0 spiro atoms. The standard InChI is InChI=1S/C20H22ClF3N2OS/c21-16-4-6-19(7-5-16)28-14-18(27)13-25-8-10-26(11-9-25)17-3-1-2-15(12-17)20(22,23)24/h1-7,12,18,27H,8-11,13-14H2/t18-/m1/s1. The topological polar surface area (TPSA) is 26.7 Å². The van der Waals surface area contributed by atoms with E-state index in [1.807, 2.05) is 29.2 Å². The van der Waals surface area contributed by atoms with Crippen molar-refractivity contribution in [2.24, 2.45) is 0 Å². The number of β-amino-alcohol motifs (C(OH)–C–C–N with tert-alkyl or cyclic N) is 1. The molecule has 1 N–H and O–H groups in total. The summed E-state index contributed by atoms with van der Waals surface area (Å²) < 4.78 is 38.7. The average Bonchev–Trinajstić information content (AvgIpc) is 2.68. The third-order valence-electron chi connectivity index (χ3n) is 4.64. The number of aliphatic hydroxyl groups is 1. The van der Waals surface area contributed by atoms with Gasteiger partial charge in [0, 0.05) is 54.1 Å². The molecule has 3 nitrogen and oxygen atoms in total. The first-order chi connectivity index (χ1) is 13.3.